The van der Waals surface area contributed by atoms with Gasteiger partial charge in [0.15, 0.2) is 0 Å². The maximum atomic E-state index is 8.76. The van der Waals surface area contributed by atoms with E-state index in [1.165, 1.54) is 10.9 Å². The lowest BCUT2D eigenvalue weighted by molar-refractivity contribution is 1.18. The number of aromatic nitrogens is 1. The molecule has 0 unspecified atom stereocenters. The zero-order valence-electron chi connectivity index (χ0n) is 33.2. The Balaban J connectivity index is 0.000000628. The molecule has 0 amide bonds. The van der Waals surface area contributed by atoms with E-state index < -0.39 is 0 Å². The second kappa shape index (κ2) is 17.2. The lowest BCUT2D eigenvalue weighted by atomic mass is 9.94. The molecule has 0 fully saturated rings. The summed E-state index contributed by atoms with van der Waals surface area (Å²) in [6.07, 6.45) is 3.69. The van der Waals surface area contributed by atoms with Crippen molar-refractivity contribution < 1.29 is 0 Å². The zero-order chi connectivity index (χ0) is 40.7. The smallest absolute Gasteiger partial charge is 0.149 e. The summed E-state index contributed by atoms with van der Waals surface area (Å²) >= 11 is 0. The standard InChI is InChI=1S/C47H37N5.C7H8/c1-31(46(49)51-47(50)36-24-22-34(23-25-36)32-13-5-2-6-14-32)21-28-44(48)52-42-29-37(33-15-7-3-8-16-33)26-27-40(42)45-39-20-12-11-19-38(39)41(30-43(45)52)35-17-9-4-10-18-35;1-7-5-3-2-4-6-7/h2-30H,48H2,1H3,(H3,49,50,51);2-6H,1H3/b31-21+,44-28+;. The third kappa shape index (κ3) is 8.22. The summed E-state index contributed by atoms with van der Waals surface area (Å²) in [6, 6.07) is 66.7. The molecule has 0 saturated heterocycles. The van der Waals surface area contributed by atoms with Crippen molar-refractivity contribution in [3.8, 4) is 33.4 Å². The van der Waals surface area contributed by atoms with Crippen LogP contribution in [-0.4, -0.2) is 16.2 Å². The van der Waals surface area contributed by atoms with Crippen molar-refractivity contribution in [3.63, 3.8) is 0 Å². The molecule has 9 aromatic rings. The van der Waals surface area contributed by atoms with Gasteiger partial charge in [-0.05, 0) is 81.8 Å². The molecule has 59 heavy (non-hydrogen) atoms. The molecule has 0 saturated carbocycles. The van der Waals surface area contributed by atoms with Crippen molar-refractivity contribution in [3.05, 3.63) is 223 Å². The summed E-state index contributed by atoms with van der Waals surface area (Å²) in [5, 5.41) is 13.4. The number of amidine groups is 2. The molecule has 286 valence electrons. The molecule has 8 aromatic carbocycles. The molecule has 5 nitrogen and oxygen atoms in total. The first kappa shape index (κ1) is 38.1. The highest BCUT2D eigenvalue weighted by atomic mass is 15.1. The molecule has 0 aliphatic rings. The Labute approximate surface area is 345 Å². The molecule has 1 heterocycles. The number of nitrogens with zero attached hydrogens (tertiary/aromatic N) is 2. The Morgan fingerprint density at radius 3 is 1.61 bits per heavy atom. The van der Waals surface area contributed by atoms with E-state index in [-0.39, 0.29) is 11.7 Å². The van der Waals surface area contributed by atoms with Crippen LogP contribution in [0.5, 0.6) is 0 Å². The van der Waals surface area contributed by atoms with E-state index in [1.807, 2.05) is 91.9 Å². The minimum absolute atomic E-state index is 0.0691. The van der Waals surface area contributed by atoms with Gasteiger partial charge in [0, 0.05) is 16.3 Å². The van der Waals surface area contributed by atoms with Crippen LogP contribution in [0.15, 0.2) is 217 Å². The van der Waals surface area contributed by atoms with Crippen LogP contribution in [0.2, 0.25) is 0 Å². The predicted octanol–water partition coefficient (Wildman–Crippen LogP) is 13.0. The first-order valence-corrected chi connectivity index (χ1v) is 19.7. The maximum absolute atomic E-state index is 8.76. The predicted molar refractivity (Wildman–Crippen MR) is 252 cm³/mol. The van der Waals surface area contributed by atoms with Gasteiger partial charge in [0.05, 0.1) is 11.0 Å². The highest BCUT2D eigenvalue weighted by Gasteiger charge is 2.19. The Bertz CT molecular complexity index is 3000. The normalized spacial score (nSPS) is 12.1. The number of benzene rings is 8. The van der Waals surface area contributed by atoms with Crippen molar-refractivity contribution in [1.29, 1.82) is 5.41 Å². The molecule has 0 aliphatic heterocycles. The first-order valence-electron chi connectivity index (χ1n) is 19.7. The lowest BCUT2D eigenvalue weighted by Crippen LogP contribution is -2.15. The molecule has 0 radical (unpaired) electrons. The summed E-state index contributed by atoms with van der Waals surface area (Å²) in [7, 11) is 0. The number of hydrogen-bond acceptors (Lipinski definition) is 2. The van der Waals surface area contributed by atoms with Gasteiger partial charge in [0.1, 0.15) is 17.5 Å². The summed E-state index contributed by atoms with van der Waals surface area (Å²) < 4.78 is 2.13. The fraction of sp³-hybridized carbons (Fsp3) is 0.0370. The summed E-state index contributed by atoms with van der Waals surface area (Å²) in [6.45, 7) is 3.93. The number of rotatable bonds is 7. The first-order chi connectivity index (χ1) is 28.9. The van der Waals surface area contributed by atoms with Crippen molar-refractivity contribution in [2.75, 3.05) is 0 Å². The Morgan fingerprint density at radius 1 is 0.508 bits per heavy atom. The van der Waals surface area contributed by atoms with E-state index in [0.717, 1.165) is 66.1 Å². The van der Waals surface area contributed by atoms with Gasteiger partial charge in [-0.25, -0.2) is 4.99 Å². The van der Waals surface area contributed by atoms with Gasteiger partial charge in [-0.2, -0.15) is 0 Å². The fourth-order valence-corrected chi connectivity index (χ4v) is 7.46. The van der Waals surface area contributed by atoms with Gasteiger partial charge in [-0.3, -0.25) is 9.98 Å². The van der Waals surface area contributed by atoms with E-state index in [0.29, 0.717) is 11.4 Å². The van der Waals surface area contributed by atoms with Crippen LogP contribution in [0.3, 0.4) is 0 Å². The van der Waals surface area contributed by atoms with Crippen LogP contribution >= 0.6 is 0 Å². The zero-order valence-corrected chi connectivity index (χ0v) is 33.2. The van der Waals surface area contributed by atoms with Crippen LogP contribution in [0.25, 0.3) is 71.8 Å². The molecule has 0 aliphatic carbocycles. The molecule has 1 aromatic heterocycles. The van der Waals surface area contributed by atoms with Gasteiger partial charge < -0.3 is 11.5 Å². The monoisotopic (exact) mass is 763 g/mol. The third-order valence-corrected chi connectivity index (χ3v) is 10.6. The molecule has 5 N–H and O–H groups in total. The van der Waals surface area contributed by atoms with Gasteiger partial charge in [0.2, 0.25) is 0 Å². The Kier molecular flexibility index (Phi) is 11.1. The van der Waals surface area contributed by atoms with Gasteiger partial charge >= 0.3 is 0 Å². The second-order valence-corrected chi connectivity index (χ2v) is 14.5. The molecule has 0 spiro atoms. The number of allylic oxidation sites excluding steroid dienone is 2. The summed E-state index contributed by atoms with van der Waals surface area (Å²) in [5.41, 5.74) is 24.9. The average Bonchev–Trinajstić information content (AvgIpc) is 3.63. The summed E-state index contributed by atoms with van der Waals surface area (Å²) in [4.78, 5) is 4.45. The number of hydrogen-bond donors (Lipinski definition) is 3. The maximum Gasteiger partial charge on any atom is 0.149 e. The van der Waals surface area contributed by atoms with E-state index >= 15 is 0 Å². The van der Waals surface area contributed by atoms with Gasteiger partial charge in [0.25, 0.3) is 0 Å². The summed E-state index contributed by atoms with van der Waals surface area (Å²) in [5.74, 6) is 0.880. The second-order valence-electron chi connectivity index (χ2n) is 14.5. The van der Waals surface area contributed by atoms with Crippen molar-refractivity contribution in [2.45, 2.75) is 13.8 Å². The topological polar surface area (TPSA) is 93.2 Å². The van der Waals surface area contributed by atoms with Crippen LogP contribution in [0.4, 0.5) is 0 Å². The number of aliphatic imine (C=N–C) groups is 1. The molecule has 0 atom stereocenters. The average molecular weight is 764 g/mol. The molecular formula is C54H45N5. The minimum atomic E-state index is 0.0691. The Morgan fingerprint density at radius 2 is 1.02 bits per heavy atom. The van der Waals surface area contributed by atoms with Gasteiger partial charge in [-0.1, -0.05) is 194 Å². The van der Waals surface area contributed by atoms with E-state index in [4.69, 9.17) is 16.9 Å². The number of nitrogens with two attached hydrogens (primary N) is 2. The molecule has 9 rings (SSSR count). The largest absolute Gasteiger partial charge is 0.385 e. The minimum Gasteiger partial charge on any atom is -0.385 e. The fourth-order valence-electron chi connectivity index (χ4n) is 7.46. The van der Waals surface area contributed by atoms with Crippen LogP contribution < -0.4 is 11.5 Å². The lowest BCUT2D eigenvalue weighted by Gasteiger charge is -2.12. The third-order valence-electron chi connectivity index (χ3n) is 10.6. The molecule has 5 heteroatoms. The molecular weight excluding hydrogens is 719 g/mol. The van der Waals surface area contributed by atoms with E-state index in [1.54, 1.807) is 0 Å². The van der Waals surface area contributed by atoms with Crippen LogP contribution in [0.1, 0.15) is 18.1 Å². The highest BCUT2D eigenvalue weighted by molar-refractivity contribution is 6.25. The SMILES string of the molecule is C/C(=C\C=C(/N)n1c2cc(-c3ccccc3)ccc2c2c3ccccc3c(-c3ccccc3)cc21)C(=N)N=C(N)c1ccc(-c2ccccc2)cc1.Cc1ccccc1. The number of aryl methyl sites for hydroxylation is 1. The van der Waals surface area contributed by atoms with E-state index in [2.05, 4.69) is 138 Å². The van der Waals surface area contributed by atoms with Crippen LogP contribution in [0, 0.1) is 12.3 Å². The van der Waals surface area contributed by atoms with Crippen LogP contribution in [-0.2, 0) is 0 Å². The van der Waals surface area contributed by atoms with Gasteiger partial charge in [-0.15, -0.1) is 0 Å². The number of nitrogens with one attached hydrogen (secondary N) is 1. The number of fused-ring (bicyclic) bond motifs is 5. The molecule has 0 bridgehead atoms. The van der Waals surface area contributed by atoms with Crippen molar-refractivity contribution in [2.24, 2.45) is 16.5 Å². The Hall–Kier alpha value is -7.76. The van der Waals surface area contributed by atoms with Crippen molar-refractivity contribution in [1.82, 2.24) is 4.57 Å². The van der Waals surface area contributed by atoms with Crippen molar-refractivity contribution >= 4 is 50.1 Å². The quantitative estimate of drug-likeness (QED) is 0.0856. The van der Waals surface area contributed by atoms with E-state index in [9.17, 15) is 0 Å². The highest BCUT2D eigenvalue weighted by Crippen LogP contribution is 2.42.